The van der Waals surface area contributed by atoms with Crippen LogP contribution in [0.25, 0.3) is 0 Å². The van der Waals surface area contributed by atoms with Crippen LogP contribution in [0.1, 0.15) is 5.56 Å². The Morgan fingerprint density at radius 3 is 2.79 bits per heavy atom. The van der Waals surface area contributed by atoms with Gasteiger partial charge in [0, 0.05) is 6.54 Å². The van der Waals surface area contributed by atoms with Crippen molar-refractivity contribution in [1.29, 1.82) is 0 Å². The third kappa shape index (κ3) is 5.01. The highest BCUT2D eigenvalue weighted by Crippen LogP contribution is 2.31. The third-order valence-electron chi connectivity index (χ3n) is 4.45. The number of benzene rings is 1. The minimum atomic E-state index is -4.48. The van der Waals surface area contributed by atoms with Crippen molar-refractivity contribution in [1.82, 2.24) is 5.32 Å². The zero-order chi connectivity index (χ0) is 20.3. The second kappa shape index (κ2) is 8.47. The number of ether oxygens (including phenoxy) is 3. The van der Waals surface area contributed by atoms with Gasteiger partial charge in [-0.1, -0.05) is 6.07 Å². The maximum Gasteiger partial charge on any atom is 0.416 e. The van der Waals surface area contributed by atoms with Gasteiger partial charge in [-0.15, -0.1) is 10.1 Å². The lowest BCUT2D eigenvalue weighted by molar-refractivity contribution is -0.769. The smallest absolute Gasteiger partial charge is 0.416 e. The Hall–Kier alpha value is -2.15. The first kappa shape index (κ1) is 20.6. The average Bonchev–Trinajstić information content (AvgIpc) is 3.20. The fourth-order valence-corrected chi connectivity index (χ4v) is 3.14. The molecule has 0 aliphatic carbocycles. The SMILES string of the molecule is O=[N+]([O-])O[C@H]1CO[C@H]2[C@@H]1OC[C@@H]2NCC(O)COc1cccc(C(F)(F)F)c1. The number of alkyl halides is 3. The Balaban J connectivity index is 1.43. The molecule has 0 amide bonds. The highest BCUT2D eigenvalue weighted by atomic mass is 19.4. The van der Waals surface area contributed by atoms with Gasteiger partial charge in [0.05, 0.1) is 24.8 Å². The number of rotatable bonds is 8. The number of hydrogen-bond acceptors (Lipinski definition) is 8. The Bertz CT molecular complexity index is 690. The first-order chi connectivity index (χ1) is 13.2. The average molecular weight is 408 g/mol. The van der Waals surface area contributed by atoms with Gasteiger partial charge in [-0.05, 0) is 18.2 Å². The summed E-state index contributed by atoms with van der Waals surface area (Å²) in [6, 6.07) is 4.07. The lowest BCUT2D eigenvalue weighted by Crippen LogP contribution is -2.45. The molecule has 28 heavy (non-hydrogen) atoms. The summed E-state index contributed by atoms with van der Waals surface area (Å²) < 4.78 is 54.2. The molecule has 0 spiro atoms. The molecule has 0 bridgehead atoms. The molecular formula is C16H19F3N2O7. The number of fused-ring (bicyclic) bond motifs is 1. The molecule has 1 aromatic carbocycles. The molecule has 2 aliphatic heterocycles. The molecule has 2 fully saturated rings. The zero-order valence-corrected chi connectivity index (χ0v) is 14.5. The number of nitrogens with one attached hydrogen (secondary N) is 1. The quantitative estimate of drug-likeness (QED) is 0.479. The molecule has 2 N–H and O–H groups in total. The summed E-state index contributed by atoms with van der Waals surface area (Å²) in [5, 5.41) is 22.6. The van der Waals surface area contributed by atoms with Gasteiger partial charge in [0.1, 0.15) is 30.7 Å². The predicted octanol–water partition coefficient (Wildman–Crippen LogP) is 0.778. The third-order valence-corrected chi connectivity index (χ3v) is 4.45. The number of aliphatic hydroxyl groups excluding tert-OH is 1. The monoisotopic (exact) mass is 408 g/mol. The van der Waals surface area contributed by atoms with E-state index in [2.05, 4.69) is 10.2 Å². The molecule has 1 unspecified atom stereocenters. The van der Waals surface area contributed by atoms with Crippen molar-refractivity contribution in [3.63, 3.8) is 0 Å². The highest BCUT2D eigenvalue weighted by Gasteiger charge is 2.49. The Kier molecular flexibility index (Phi) is 6.23. The van der Waals surface area contributed by atoms with Crippen LogP contribution in [0, 0.1) is 10.1 Å². The zero-order valence-electron chi connectivity index (χ0n) is 14.5. The maximum atomic E-state index is 12.7. The van der Waals surface area contributed by atoms with Crippen molar-refractivity contribution < 1.29 is 42.4 Å². The molecule has 0 saturated carbocycles. The van der Waals surface area contributed by atoms with Gasteiger partial charge >= 0.3 is 6.18 Å². The molecule has 2 heterocycles. The largest absolute Gasteiger partial charge is 0.491 e. The fraction of sp³-hybridized carbons (Fsp3) is 0.625. The Morgan fingerprint density at radius 2 is 2.07 bits per heavy atom. The van der Waals surface area contributed by atoms with Gasteiger partial charge in [-0.25, -0.2) is 0 Å². The van der Waals surface area contributed by atoms with Gasteiger partial charge in [0.25, 0.3) is 5.09 Å². The first-order valence-corrected chi connectivity index (χ1v) is 8.50. The summed E-state index contributed by atoms with van der Waals surface area (Å²) in [6.07, 6.45) is -7.32. The van der Waals surface area contributed by atoms with Gasteiger partial charge in [-0.3, -0.25) is 0 Å². The Morgan fingerprint density at radius 1 is 1.32 bits per heavy atom. The normalized spacial score (nSPS) is 28.0. The van der Waals surface area contributed by atoms with E-state index in [1.54, 1.807) is 0 Å². The molecule has 2 saturated heterocycles. The molecule has 2 aliphatic rings. The molecule has 9 nitrogen and oxygen atoms in total. The summed E-state index contributed by atoms with van der Waals surface area (Å²) in [5.41, 5.74) is -0.836. The second-order valence-electron chi connectivity index (χ2n) is 6.47. The molecule has 5 atom stereocenters. The van der Waals surface area contributed by atoms with Gasteiger partial charge < -0.3 is 29.5 Å². The molecule has 156 valence electrons. The second-order valence-corrected chi connectivity index (χ2v) is 6.47. The van der Waals surface area contributed by atoms with Crippen LogP contribution in [0.3, 0.4) is 0 Å². The standard InChI is InChI=1S/C16H19F3N2O7/c17-16(18,19)9-2-1-3-11(4-9)25-6-10(22)5-20-12-7-26-15-13(28-21(23)24)8-27-14(12)15/h1-4,10,12-15,20,22H,5-8H2/t10?,12-,13-,14+,15+/m0/s1. The van der Waals surface area contributed by atoms with Crippen molar-refractivity contribution in [2.24, 2.45) is 0 Å². The van der Waals surface area contributed by atoms with Crippen LogP contribution in [-0.4, -0.2) is 67.0 Å². The highest BCUT2D eigenvalue weighted by molar-refractivity contribution is 5.30. The van der Waals surface area contributed by atoms with E-state index in [9.17, 15) is 28.4 Å². The van der Waals surface area contributed by atoms with Crippen LogP contribution in [0.2, 0.25) is 0 Å². The van der Waals surface area contributed by atoms with Crippen molar-refractivity contribution in [2.75, 3.05) is 26.4 Å². The van der Waals surface area contributed by atoms with Crippen molar-refractivity contribution in [3.05, 3.63) is 39.9 Å². The molecule has 3 rings (SSSR count). The molecule has 0 radical (unpaired) electrons. The van der Waals surface area contributed by atoms with Crippen LogP contribution >= 0.6 is 0 Å². The minimum absolute atomic E-state index is 0.00274. The number of aliphatic hydroxyl groups is 1. The van der Waals surface area contributed by atoms with Crippen LogP contribution in [0.4, 0.5) is 13.2 Å². The summed E-state index contributed by atoms with van der Waals surface area (Å²) in [6.45, 7) is 0.0913. The minimum Gasteiger partial charge on any atom is -0.491 e. The van der Waals surface area contributed by atoms with E-state index in [-0.39, 0.29) is 38.2 Å². The predicted molar refractivity (Wildman–Crippen MR) is 86.1 cm³/mol. The van der Waals surface area contributed by atoms with E-state index >= 15 is 0 Å². The maximum absolute atomic E-state index is 12.7. The van der Waals surface area contributed by atoms with E-state index in [4.69, 9.17) is 14.2 Å². The topological polar surface area (TPSA) is 112 Å². The number of halogens is 3. The molecule has 1 aromatic rings. The van der Waals surface area contributed by atoms with E-state index in [0.29, 0.717) is 0 Å². The van der Waals surface area contributed by atoms with Crippen LogP contribution in [0.5, 0.6) is 5.75 Å². The van der Waals surface area contributed by atoms with Crippen LogP contribution in [0.15, 0.2) is 24.3 Å². The van der Waals surface area contributed by atoms with Crippen molar-refractivity contribution >= 4 is 0 Å². The summed E-state index contributed by atoms with van der Waals surface area (Å²) in [5.74, 6) is -0.00274. The Labute approximate surface area is 157 Å². The van der Waals surface area contributed by atoms with Crippen LogP contribution in [-0.2, 0) is 20.5 Å². The summed E-state index contributed by atoms with van der Waals surface area (Å²) in [4.78, 5) is 15.0. The summed E-state index contributed by atoms with van der Waals surface area (Å²) >= 11 is 0. The van der Waals surface area contributed by atoms with Crippen LogP contribution < -0.4 is 10.1 Å². The first-order valence-electron chi connectivity index (χ1n) is 8.50. The molecule has 0 aromatic heterocycles. The molecular weight excluding hydrogens is 389 g/mol. The molecule has 12 heteroatoms. The van der Waals surface area contributed by atoms with Crippen molar-refractivity contribution in [2.45, 2.75) is 36.6 Å². The van der Waals surface area contributed by atoms with Gasteiger partial charge in [0.2, 0.25) is 0 Å². The van der Waals surface area contributed by atoms with E-state index in [0.717, 1.165) is 12.1 Å². The number of nitrogens with zero attached hydrogens (tertiary/aromatic N) is 1. The fourth-order valence-electron chi connectivity index (χ4n) is 3.14. The summed E-state index contributed by atoms with van der Waals surface area (Å²) in [7, 11) is 0. The van der Waals surface area contributed by atoms with E-state index < -0.39 is 41.2 Å². The van der Waals surface area contributed by atoms with Crippen molar-refractivity contribution in [3.8, 4) is 5.75 Å². The lowest BCUT2D eigenvalue weighted by atomic mass is 10.1. The van der Waals surface area contributed by atoms with Gasteiger partial charge in [-0.2, -0.15) is 13.2 Å². The van der Waals surface area contributed by atoms with E-state index in [1.807, 2.05) is 0 Å². The number of hydrogen-bond donors (Lipinski definition) is 2. The van der Waals surface area contributed by atoms with E-state index in [1.165, 1.54) is 12.1 Å². The van der Waals surface area contributed by atoms with Gasteiger partial charge in [0.15, 0.2) is 6.10 Å². The lowest BCUT2D eigenvalue weighted by Gasteiger charge is -2.20.